The van der Waals surface area contributed by atoms with E-state index in [1.54, 1.807) is 33.7 Å². The topological polar surface area (TPSA) is 110 Å². The number of nitrogens with zero attached hydrogens (tertiary/aromatic N) is 3. The van der Waals surface area contributed by atoms with Gasteiger partial charge in [0.15, 0.2) is 0 Å². The zero-order valence-electron chi connectivity index (χ0n) is 19.4. The molecule has 0 spiro atoms. The number of hydrogen-bond acceptors (Lipinski definition) is 4. The molecule has 4 aliphatic rings. The van der Waals surface area contributed by atoms with Gasteiger partial charge in [0, 0.05) is 31.7 Å². The van der Waals surface area contributed by atoms with Crippen LogP contribution in [-0.2, 0) is 4.79 Å². The summed E-state index contributed by atoms with van der Waals surface area (Å²) >= 11 is 0. The lowest BCUT2D eigenvalue weighted by molar-refractivity contribution is -0.123. The normalized spacial score (nSPS) is 26.6. The summed E-state index contributed by atoms with van der Waals surface area (Å²) in [6, 6.07) is 5.36. The zero-order valence-corrected chi connectivity index (χ0v) is 19.4. The summed E-state index contributed by atoms with van der Waals surface area (Å²) in [5.41, 5.74) is 7.14. The number of hydrogen-bond donors (Lipinski definition) is 2. The molecule has 1 saturated heterocycles. The van der Waals surface area contributed by atoms with Crippen molar-refractivity contribution in [2.24, 2.45) is 34.8 Å². The van der Waals surface area contributed by atoms with Gasteiger partial charge in [-0.15, -0.1) is 0 Å². The summed E-state index contributed by atoms with van der Waals surface area (Å²) in [5, 5.41) is 3.14. The Morgan fingerprint density at radius 2 is 1.91 bits per heavy atom. The van der Waals surface area contributed by atoms with Crippen LogP contribution in [-0.4, -0.2) is 51.6 Å². The monoisotopic (exact) mass is 451 g/mol. The summed E-state index contributed by atoms with van der Waals surface area (Å²) in [6.45, 7) is 6.37. The number of fused-ring (bicyclic) bond motifs is 3. The van der Waals surface area contributed by atoms with Crippen LogP contribution in [0.25, 0.3) is 5.65 Å². The summed E-state index contributed by atoms with van der Waals surface area (Å²) in [6.07, 6.45) is 6.51. The number of primary amides is 1. The van der Waals surface area contributed by atoms with Crippen molar-refractivity contribution < 1.29 is 14.4 Å². The Balaban J connectivity index is 1.27. The van der Waals surface area contributed by atoms with Crippen LogP contribution in [0.1, 0.15) is 66.9 Å². The number of nitrogens with two attached hydrogens (primary N) is 1. The molecule has 8 heteroatoms. The number of carbonyl (C=O) groups is 3. The van der Waals surface area contributed by atoms with E-state index in [-0.39, 0.29) is 23.6 Å². The highest BCUT2D eigenvalue weighted by Crippen LogP contribution is 2.61. The third kappa shape index (κ3) is 3.79. The molecule has 33 heavy (non-hydrogen) atoms. The Morgan fingerprint density at radius 3 is 2.58 bits per heavy atom. The maximum atomic E-state index is 13.1. The Kier molecular flexibility index (Phi) is 5.41. The maximum absolute atomic E-state index is 13.1. The average molecular weight is 452 g/mol. The molecule has 4 fully saturated rings. The van der Waals surface area contributed by atoms with Crippen LogP contribution in [0, 0.1) is 29.1 Å². The van der Waals surface area contributed by atoms with Gasteiger partial charge in [0.25, 0.3) is 11.8 Å². The van der Waals surface area contributed by atoms with Gasteiger partial charge in [0.05, 0.1) is 0 Å². The van der Waals surface area contributed by atoms with Gasteiger partial charge in [-0.2, -0.15) is 0 Å². The van der Waals surface area contributed by atoms with Gasteiger partial charge >= 0.3 is 0 Å². The van der Waals surface area contributed by atoms with E-state index in [0.717, 1.165) is 5.92 Å². The van der Waals surface area contributed by atoms with Crippen LogP contribution in [0.4, 0.5) is 0 Å². The van der Waals surface area contributed by atoms with E-state index < -0.39 is 0 Å². The minimum absolute atomic E-state index is 0.140. The second-order valence-corrected chi connectivity index (χ2v) is 10.6. The van der Waals surface area contributed by atoms with Gasteiger partial charge in [-0.05, 0) is 67.4 Å². The summed E-state index contributed by atoms with van der Waals surface area (Å²) in [5.74, 6) is 1.24. The van der Waals surface area contributed by atoms with Gasteiger partial charge in [0.1, 0.15) is 17.0 Å². The first-order valence-electron chi connectivity index (χ1n) is 12.1. The van der Waals surface area contributed by atoms with Crippen LogP contribution >= 0.6 is 0 Å². The van der Waals surface area contributed by atoms with Gasteiger partial charge < -0.3 is 16.0 Å². The molecule has 1 aliphatic heterocycles. The molecule has 2 aromatic heterocycles. The fourth-order valence-corrected chi connectivity index (χ4v) is 6.35. The molecule has 3 atom stereocenters. The smallest absolute Gasteiger partial charge is 0.274 e. The van der Waals surface area contributed by atoms with Crippen LogP contribution in [0.5, 0.6) is 0 Å². The number of nitrogens with one attached hydrogen (secondary N) is 1. The Bertz CT molecular complexity index is 1100. The lowest BCUT2D eigenvalue weighted by atomic mass is 9.45. The van der Waals surface area contributed by atoms with Gasteiger partial charge in [0.2, 0.25) is 5.91 Å². The van der Waals surface area contributed by atoms with Crippen LogP contribution in [0.2, 0.25) is 0 Å². The molecular weight excluding hydrogens is 418 g/mol. The largest absolute Gasteiger partial charge is 0.369 e. The van der Waals surface area contributed by atoms with Crippen LogP contribution in [0.15, 0.2) is 24.4 Å². The highest BCUT2D eigenvalue weighted by Gasteiger charge is 2.53. The van der Waals surface area contributed by atoms with Crippen molar-refractivity contribution in [1.29, 1.82) is 0 Å². The molecule has 3 saturated carbocycles. The molecule has 8 nitrogen and oxygen atoms in total. The fraction of sp³-hybridized carbons (Fsp3) is 0.600. The molecule has 3 aliphatic carbocycles. The summed E-state index contributed by atoms with van der Waals surface area (Å²) in [7, 11) is 0. The number of pyridine rings is 1. The molecule has 2 aromatic rings. The number of aromatic nitrogens is 2. The molecule has 6 rings (SSSR count). The predicted molar refractivity (Wildman–Crippen MR) is 123 cm³/mol. The highest BCUT2D eigenvalue weighted by atomic mass is 16.2. The summed E-state index contributed by atoms with van der Waals surface area (Å²) < 4.78 is 1.70. The lowest BCUT2D eigenvalue weighted by Crippen LogP contribution is -2.54. The summed E-state index contributed by atoms with van der Waals surface area (Å²) in [4.78, 5) is 43.6. The lowest BCUT2D eigenvalue weighted by Gasteiger charge is -2.60. The standard InChI is InChI=1S/C25H33N5O3/c1-25(2)17-7-6-16(18(25)12-17)13-27-23(32)20-4-3-5-21-28-19(14-30(20)21)24(33)29-10-8-15(9-11-29)22(26)31/h3-5,14-18H,6-13H2,1-2H3,(H2,26,31)(H,27,32)/t16-,17-,18-/m0/s1. The second kappa shape index (κ2) is 8.15. The first-order valence-corrected chi connectivity index (χ1v) is 12.1. The number of rotatable bonds is 5. The maximum Gasteiger partial charge on any atom is 0.274 e. The molecule has 3 N–H and O–H groups in total. The van der Waals surface area contributed by atoms with Crippen molar-refractivity contribution in [2.75, 3.05) is 19.6 Å². The minimum Gasteiger partial charge on any atom is -0.369 e. The van der Waals surface area contributed by atoms with Crippen molar-refractivity contribution in [1.82, 2.24) is 19.6 Å². The quantitative estimate of drug-likeness (QED) is 0.728. The van der Waals surface area contributed by atoms with Gasteiger partial charge in [-0.1, -0.05) is 19.9 Å². The molecule has 3 amide bonds. The number of amides is 3. The average Bonchev–Trinajstić information content (AvgIpc) is 3.26. The van der Waals surface area contributed by atoms with E-state index in [0.29, 0.717) is 66.8 Å². The van der Waals surface area contributed by atoms with E-state index in [1.165, 1.54) is 19.3 Å². The Labute approximate surface area is 193 Å². The third-order valence-electron chi connectivity index (χ3n) is 8.65. The van der Waals surface area contributed by atoms with Crippen LogP contribution in [0.3, 0.4) is 0 Å². The van der Waals surface area contributed by atoms with Gasteiger partial charge in [-0.25, -0.2) is 4.98 Å². The molecular formula is C25H33N5O3. The number of imidazole rings is 1. The predicted octanol–water partition coefficient (Wildman–Crippen LogP) is 2.47. The molecule has 0 radical (unpaired) electrons. The zero-order chi connectivity index (χ0) is 23.3. The van der Waals surface area contributed by atoms with E-state index in [1.807, 2.05) is 0 Å². The van der Waals surface area contributed by atoms with Crippen molar-refractivity contribution in [3.05, 3.63) is 35.8 Å². The molecule has 176 valence electrons. The Hall–Kier alpha value is -2.90. The molecule has 2 bridgehead atoms. The fourth-order valence-electron chi connectivity index (χ4n) is 6.35. The van der Waals surface area contributed by atoms with Crippen molar-refractivity contribution in [2.45, 2.75) is 46.0 Å². The SMILES string of the molecule is CC1(C)[C@H]2CC[C@@H](CNC(=O)c3cccc4nc(C(=O)N5CCC(C(N)=O)CC5)cn34)[C@@H]1C2. The van der Waals surface area contributed by atoms with Crippen molar-refractivity contribution in [3.63, 3.8) is 0 Å². The van der Waals surface area contributed by atoms with E-state index >= 15 is 0 Å². The number of piperidine rings is 1. The highest BCUT2D eigenvalue weighted by molar-refractivity contribution is 5.95. The van der Waals surface area contributed by atoms with Crippen molar-refractivity contribution in [3.8, 4) is 0 Å². The minimum atomic E-state index is -0.306. The van der Waals surface area contributed by atoms with Gasteiger partial charge in [-0.3, -0.25) is 18.8 Å². The molecule has 0 aromatic carbocycles. The second-order valence-electron chi connectivity index (χ2n) is 10.6. The van der Waals surface area contributed by atoms with E-state index in [9.17, 15) is 14.4 Å². The van der Waals surface area contributed by atoms with E-state index in [4.69, 9.17) is 5.73 Å². The molecule has 0 unspecified atom stereocenters. The van der Waals surface area contributed by atoms with Crippen molar-refractivity contribution >= 4 is 23.4 Å². The first kappa shape index (κ1) is 21.9. The first-order chi connectivity index (χ1) is 15.8. The molecule has 3 heterocycles. The third-order valence-corrected chi connectivity index (χ3v) is 8.65. The number of likely N-dealkylation sites (tertiary alicyclic amines) is 1. The number of carbonyl (C=O) groups excluding carboxylic acids is 3. The Morgan fingerprint density at radius 1 is 1.15 bits per heavy atom. The van der Waals surface area contributed by atoms with Crippen LogP contribution < -0.4 is 11.1 Å². The van der Waals surface area contributed by atoms with E-state index in [2.05, 4.69) is 24.1 Å².